The Hall–Kier alpha value is -1.07. The van der Waals surface area contributed by atoms with Gasteiger partial charge in [-0.3, -0.25) is 0 Å². The van der Waals surface area contributed by atoms with E-state index in [9.17, 15) is 0 Å². The van der Waals surface area contributed by atoms with Crippen molar-refractivity contribution in [3.63, 3.8) is 0 Å². The second kappa shape index (κ2) is 5.62. The molecule has 1 rings (SSSR count). The van der Waals surface area contributed by atoms with Gasteiger partial charge in [-0.2, -0.15) is 11.3 Å². The number of thiophene rings is 1. The molecule has 0 aliphatic rings. The molecule has 14 heavy (non-hydrogen) atoms. The van der Waals surface area contributed by atoms with Crippen molar-refractivity contribution in [2.45, 2.75) is 13.5 Å². The van der Waals surface area contributed by atoms with Crippen LogP contribution < -0.4 is 11.1 Å². The Labute approximate surface area is 87.4 Å². The fourth-order valence-corrected chi connectivity index (χ4v) is 1.70. The number of hydrogen-bond acceptors (Lipinski definition) is 4. The Kier molecular flexibility index (Phi) is 4.42. The van der Waals surface area contributed by atoms with Crippen LogP contribution in [0.15, 0.2) is 22.0 Å². The minimum absolute atomic E-state index is 0.0543. The maximum atomic E-state index is 8.43. The highest BCUT2D eigenvalue weighted by molar-refractivity contribution is 7.07. The summed E-state index contributed by atoms with van der Waals surface area (Å²) in [7, 11) is 0. The molecular formula is C9H15N3OS. The average molecular weight is 213 g/mol. The van der Waals surface area contributed by atoms with E-state index < -0.39 is 0 Å². The highest BCUT2D eigenvalue weighted by atomic mass is 32.1. The number of nitrogens with zero attached hydrogens (tertiary/aromatic N) is 1. The quantitative estimate of drug-likeness (QED) is 0.298. The number of nitrogens with one attached hydrogen (secondary N) is 1. The third-order valence-corrected chi connectivity index (χ3v) is 2.71. The van der Waals surface area contributed by atoms with Crippen molar-refractivity contribution >= 4 is 17.2 Å². The first kappa shape index (κ1) is 11.0. The van der Waals surface area contributed by atoms with Crippen molar-refractivity contribution in [2.75, 3.05) is 6.54 Å². The van der Waals surface area contributed by atoms with Crippen molar-refractivity contribution in [1.82, 2.24) is 5.32 Å². The second-order valence-electron chi connectivity index (χ2n) is 3.19. The van der Waals surface area contributed by atoms with Gasteiger partial charge in [0.15, 0.2) is 0 Å². The predicted molar refractivity (Wildman–Crippen MR) is 58.6 cm³/mol. The standard InChI is InChI=1S/C9H15N3OS/c1-7(9(10)12-13)4-11-5-8-2-3-14-6-8/h2-3,6-7,11,13H,4-5H2,1H3,(H2,10,12). The summed E-state index contributed by atoms with van der Waals surface area (Å²) in [5.74, 6) is 0.321. The molecule has 0 aromatic carbocycles. The molecule has 4 nitrogen and oxygen atoms in total. The van der Waals surface area contributed by atoms with Gasteiger partial charge in [-0.1, -0.05) is 12.1 Å². The first-order chi connectivity index (χ1) is 6.74. The van der Waals surface area contributed by atoms with Gasteiger partial charge in [-0.05, 0) is 22.4 Å². The zero-order chi connectivity index (χ0) is 10.4. The summed E-state index contributed by atoms with van der Waals surface area (Å²) in [5, 5.41) is 18.8. The molecule has 1 aromatic rings. The van der Waals surface area contributed by atoms with Gasteiger partial charge >= 0.3 is 0 Å². The Morgan fingerprint density at radius 1 is 1.79 bits per heavy atom. The lowest BCUT2D eigenvalue weighted by Gasteiger charge is -2.09. The summed E-state index contributed by atoms with van der Waals surface area (Å²) in [6.45, 7) is 3.45. The van der Waals surface area contributed by atoms with Gasteiger partial charge in [-0.15, -0.1) is 0 Å². The van der Waals surface area contributed by atoms with E-state index in [4.69, 9.17) is 10.9 Å². The maximum absolute atomic E-state index is 8.43. The predicted octanol–water partition coefficient (Wildman–Crippen LogP) is 1.22. The van der Waals surface area contributed by atoms with Crippen LogP contribution in [-0.2, 0) is 6.54 Å². The van der Waals surface area contributed by atoms with Crippen LogP contribution in [0.25, 0.3) is 0 Å². The zero-order valence-corrected chi connectivity index (χ0v) is 8.92. The fourth-order valence-electron chi connectivity index (χ4n) is 1.03. The lowest BCUT2D eigenvalue weighted by molar-refractivity contribution is 0.314. The number of rotatable bonds is 5. The number of amidine groups is 1. The number of oxime groups is 1. The Bertz CT molecular complexity index is 284. The highest BCUT2D eigenvalue weighted by Crippen LogP contribution is 2.05. The normalized spacial score (nSPS) is 14.2. The Balaban J connectivity index is 2.22. The maximum Gasteiger partial charge on any atom is 0.143 e. The van der Waals surface area contributed by atoms with Crippen LogP contribution in [0.5, 0.6) is 0 Å². The molecule has 0 aliphatic heterocycles. The molecule has 1 heterocycles. The molecule has 1 atom stereocenters. The summed E-state index contributed by atoms with van der Waals surface area (Å²) in [6, 6.07) is 2.08. The van der Waals surface area contributed by atoms with E-state index in [-0.39, 0.29) is 11.8 Å². The Morgan fingerprint density at radius 3 is 3.14 bits per heavy atom. The summed E-state index contributed by atoms with van der Waals surface area (Å²) in [6.07, 6.45) is 0. The molecule has 0 bridgehead atoms. The van der Waals surface area contributed by atoms with Crippen LogP contribution >= 0.6 is 11.3 Å². The molecule has 0 saturated heterocycles. The summed E-state index contributed by atoms with van der Waals surface area (Å²) in [5.41, 5.74) is 6.70. The van der Waals surface area contributed by atoms with Crippen LogP contribution in [0.4, 0.5) is 0 Å². The smallest absolute Gasteiger partial charge is 0.143 e. The number of nitrogens with two attached hydrogens (primary N) is 1. The lowest BCUT2D eigenvalue weighted by atomic mass is 10.1. The Morgan fingerprint density at radius 2 is 2.57 bits per heavy atom. The molecule has 0 radical (unpaired) electrons. The molecule has 78 valence electrons. The average Bonchev–Trinajstić information content (AvgIpc) is 2.69. The molecule has 1 aromatic heterocycles. The van der Waals surface area contributed by atoms with E-state index in [1.54, 1.807) is 11.3 Å². The first-order valence-electron chi connectivity index (χ1n) is 4.43. The minimum Gasteiger partial charge on any atom is -0.409 e. The van der Waals surface area contributed by atoms with E-state index in [0.29, 0.717) is 6.54 Å². The molecule has 0 saturated carbocycles. The van der Waals surface area contributed by atoms with Crippen LogP contribution in [0.1, 0.15) is 12.5 Å². The molecule has 5 heteroatoms. The molecule has 0 spiro atoms. The molecule has 0 amide bonds. The van der Waals surface area contributed by atoms with Crippen LogP contribution in [0.3, 0.4) is 0 Å². The van der Waals surface area contributed by atoms with Gasteiger partial charge in [0.25, 0.3) is 0 Å². The van der Waals surface area contributed by atoms with Crippen LogP contribution in [0.2, 0.25) is 0 Å². The fraction of sp³-hybridized carbons (Fsp3) is 0.444. The molecule has 0 aliphatic carbocycles. The largest absolute Gasteiger partial charge is 0.409 e. The van der Waals surface area contributed by atoms with E-state index in [0.717, 1.165) is 6.54 Å². The molecular weight excluding hydrogens is 198 g/mol. The molecule has 1 unspecified atom stereocenters. The summed E-state index contributed by atoms with van der Waals surface area (Å²) >= 11 is 1.68. The van der Waals surface area contributed by atoms with Crippen molar-refractivity contribution in [1.29, 1.82) is 0 Å². The zero-order valence-electron chi connectivity index (χ0n) is 8.10. The monoisotopic (exact) mass is 213 g/mol. The van der Waals surface area contributed by atoms with Crippen molar-refractivity contribution in [3.8, 4) is 0 Å². The van der Waals surface area contributed by atoms with Crippen LogP contribution in [-0.4, -0.2) is 17.6 Å². The van der Waals surface area contributed by atoms with Gasteiger partial charge in [0, 0.05) is 19.0 Å². The second-order valence-corrected chi connectivity index (χ2v) is 3.97. The SMILES string of the molecule is CC(CNCc1ccsc1)C(N)=NO. The first-order valence-corrected chi connectivity index (χ1v) is 5.37. The van der Waals surface area contributed by atoms with Gasteiger partial charge < -0.3 is 16.3 Å². The van der Waals surface area contributed by atoms with E-state index in [1.807, 2.05) is 12.3 Å². The van der Waals surface area contributed by atoms with E-state index >= 15 is 0 Å². The topological polar surface area (TPSA) is 70.6 Å². The minimum atomic E-state index is 0.0543. The van der Waals surface area contributed by atoms with Gasteiger partial charge in [0.2, 0.25) is 0 Å². The summed E-state index contributed by atoms with van der Waals surface area (Å²) in [4.78, 5) is 0. The van der Waals surface area contributed by atoms with E-state index in [2.05, 4.69) is 21.9 Å². The number of hydrogen-bond donors (Lipinski definition) is 3. The van der Waals surface area contributed by atoms with Crippen molar-refractivity contribution in [2.24, 2.45) is 16.8 Å². The van der Waals surface area contributed by atoms with Crippen molar-refractivity contribution in [3.05, 3.63) is 22.4 Å². The van der Waals surface area contributed by atoms with Crippen LogP contribution in [0, 0.1) is 5.92 Å². The summed E-state index contributed by atoms with van der Waals surface area (Å²) < 4.78 is 0. The van der Waals surface area contributed by atoms with E-state index in [1.165, 1.54) is 5.56 Å². The lowest BCUT2D eigenvalue weighted by Crippen LogP contribution is -2.30. The highest BCUT2D eigenvalue weighted by Gasteiger charge is 2.06. The molecule has 0 fully saturated rings. The van der Waals surface area contributed by atoms with Crippen molar-refractivity contribution < 1.29 is 5.21 Å². The van der Waals surface area contributed by atoms with Gasteiger partial charge in [0.05, 0.1) is 0 Å². The third kappa shape index (κ3) is 3.35. The van der Waals surface area contributed by atoms with Gasteiger partial charge in [0.1, 0.15) is 5.84 Å². The van der Waals surface area contributed by atoms with Gasteiger partial charge in [-0.25, -0.2) is 0 Å². The molecule has 4 N–H and O–H groups in total. The third-order valence-electron chi connectivity index (χ3n) is 1.98.